The van der Waals surface area contributed by atoms with Gasteiger partial charge < -0.3 is 15.2 Å². The van der Waals surface area contributed by atoms with Crippen LogP contribution in [0.3, 0.4) is 0 Å². The molecule has 0 heterocycles. The fraction of sp³-hybridized carbons (Fsp3) is 0.350. The van der Waals surface area contributed by atoms with E-state index in [1.165, 1.54) is 13.2 Å². The molecule has 0 saturated carbocycles. The predicted molar refractivity (Wildman–Crippen MR) is 94.3 cm³/mol. The maximum atomic E-state index is 13.3. The third-order valence-corrected chi connectivity index (χ3v) is 4.85. The molecule has 4 nitrogen and oxygen atoms in total. The molecule has 0 bridgehead atoms. The molecule has 0 fully saturated rings. The van der Waals surface area contributed by atoms with Crippen molar-refractivity contribution in [3.05, 3.63) is 53.1 Å². The van der Waals surface area contributed by atoms with Gasteiger partial charge in [-0.3, -0.25) is 0 Å². The Morgan fingerprint density at radius 1 is 1.15 bits per heavy atom. The van der Waals surface area contributed by atoms with Crippen molar-refractivity contribution < 1.29 is 27.4 Å². The van der Waals surface area contributed by atoms with Crippen molar-refractivity contribution in [2.24, 2.45) is 11.1 Å². The van der Waals surface area contributed by atoms with Crippen molar-refractivity contribution in [1.29, 1.82) is 0 Å². The summed E-state index contributed by atoms with van der Waals surface area (Å²) in [7, 11) is 1.21. The lowest BCUT2D eigenvalue weighted by atomic mass is 9.87. The first kappa shape index (κ1) is 19.1. The number of hydrogen-bond donors (Lipinski definition) is 1. The van der Waals surface area contributed by atoms with Crippen molar-refractivity contribution in [2.45, 2.75) is 32.5 Å². The molecule has 3 rings (SSSR count). The number of carbonyl (C=O) groups is 1. The van der Waals surface area contributed by atoms with Gasteiger partial charge in [0.05, 0.1) is 12.7 Å². The van der Waals surface area contributed by atoms with Gasteiger partial charge >= 0.3 is 12.3 Å². The summed E-state index contributed by atoms with van der Waals surface area (Å²) >= 11 is 0. The number of amides is 1. The minimum absolute atomic E-state index is 0.219. The summed E-state index contributed by atoms with van der Waals surface area (Å²) in [5.74, 6) is -0.219. The van der Waals surface area contributed by atoms with Crippen molar-refractivity contribution >= 4 is 6.09 Å². The fourth-order valence-electron chi connectivity index (χ4n) is 3.65. The second kappa shape index (κ2) is 6.48. The molecule has 1 aliphatic carbocycles. The van der Waals surface area contributed by atoms with Gasteiger partial charge in [0.2, 0.25) is 0 Å². The lowest BCUT2D eigenvalue weighted by Crippen LogP contribution is -2.25. The van der Waals surface area contributed by atoms with E-state index in [4.69, 9.17) is 15.2 Å². The van der Waals surface area contributed by atoms with E-state index in [0.29, 0.717) is 17.5 Å². The lowest BCUT2D eigenvalue weighted by Gasteiger charge is -2.26. The van der Waals surface area contributed by atoms with Crippen LogP contribution >= 0.6 is 0 Å². The van der Waals surface area contributed by atoms with Gasteiger partial charge in [-0.05, 0) is 40.8 Å². The van der Waals surface area contributed by atoms with Crippen LogP contribution in [-0.2, 0) is 17.3 Å². The largest absolute Gasteiger partial charge is 0.496 e. The van der Waals surface area contributed by atoms with E-state index in [1.54, 1.807) is 18.2 Å². The number of ether oxygens (including phenoxy) is 2. The zero-order chi connectivity index (χ0) is 20.0. The number of halogens is 3. The predicted octanol–water partition coefficient (Wildman–Crippen LogP) is 5.10. The van der Waals surface area contributed by atoms with E-state index in [-0.39, 0.29) is 11.2 Å². The number of hydrogen-bond acceptors (Lipinski definition) is 3. The van der Waals surface area contributed by atoms with Crippen LogP contribution in [0.4, 0.5) is 18.0 Å². The zero-order valence-electron chi connectivity index (χ0n) is 15.2. The Kier molecular flexibility index (Phi) is 4.57. The first-order chi connectivity index (χ1) is 12.5. The van der Waals surface area contributed by atoms with E-state index < -0.39 is 23.9 Å². The summed E-state index contributed by atoms with van der Waals surface area (Å²) < 4.78 is 50.0. The molecule has 0 aromatic heterocycles. The van der Waals surface area contributed by atoms with Crippen LogP contribution in [0.2, 0.25) is 0 Å². The smallest absolute Gasteiger partial charge is 0.419 e. The molecular weight excluding hydrogens is 359 g/mol. The van der Waals surface area contributed by atoms with Crippen molar-refractivity contribution in [1.82, 2.24) is 0 Å². The number of primary amides is 1. The highest BCUT2D eigenvalue weighted by atomic mass is 19.4. The molecule has 0 spiro atoms. The molecule has 1 amide bonds. The van der Waals surface area contributed by atoms with Gasteiger partial charge in [-0.25, -0.2) is 4.79 Å². The first-order valence-electron chi connectivity index (χ1n) is 8.37. The summed E-state index contributed by atoms with van der Waals surface area (Å²) in [5, 5.41) is 0. The van der Waals surface area contributed by atoms with Crippen LogP contribution in [0.5, 0.6) is 5.75 Å². The van der Waals surface area contributed by atoms with Crippen LogP contribution in [0.15, 0.2) is 36.4 Å². The van der Waals surface area contributed by atoms with E-state index in [1.807, 2.05) is 19.9 Å². The highest BCUT2D eigenvalue weighted by molar-refractivity contribution is 5.69. The van der Waals surface area contributed by atoms with Gasteiger partial charge in [-0.2, -0.15) is 13.2 Å². The molecule has 2 aromatic rings. The highest BCUT2D eigenvalue weighted by Gasteiger charge is 2.41. The fourth-order valence-corrected chi connectivity index (χ4v) is 3.65. The van der Waals surface area contributed by atoms with Gasteiger partial charge in [0, 0.05) is 5.41 Å². The van der Waals surface area contributed by atoms with Gasteiger partial charge in [0.1, 0.15) is 11.9 Å². The number of fused-ring (bicyclic) bond motifs is 1. The van der Waals surface area contributed by atoms with Gasteiger partial charge in [-0.1, -0.05) is 38.1 Å². The van der Waals surface area contributed by atoms with Crippen LogP contribution in [-0.4, -0.2) is 13.2 Å². The van der Waals surface area contributed by atoms with Gasteiger partial charge in [0.25, 0.3) is 0 Å². The summed E-state index contributed by atoms with van der Waals surface area (Å²) in [6.07, 6.45) is -5.23. The van der Waals surface area contributed by atoms with Crippen molar-refractivity contribution in [3.63, 3.8) is 0 Å². The number of carbonyl (C=O) groups excluding carboxylic acids is 1. The molecule has 2 aromatic carbocycles. The zero-order valence-corrected chi connectivity index (χ0v) is 15.2. The number of nitrogens with two attached hydrogens (primary N) is 1. The molecule has 0 aliphatic heterocycles. The molecule has 0 radical (unpaired) electrons. The number of alkyl halides is 3. The summed E-state index contributed by atoms with van der Waals surface area (Å²) in [5.41, 5.74) is 6.84. The Morgan fingerprint density at radius 3 is 2.37 bits per heavy atom. The molecule has 7 heteroatoms. The number of rotatable bonds is 3. The van der Waals surface area contributed by atoms with Crippen molar-refractivity contribution in [3.8, 4) is 16.9 Å². The Bertz CT molecular complexity index is 891. The molecule has 1 atom stereocenters. The molecule has 27 heavy (non-hydrogen) atoms. The SMILES string of the molecule is COc1ccc(-c2ccc3c(c2)CC(C)(C)C3OC(N)=O)cc1C(F)(F)F. The average molecular weight is 379 g/mol. The maximum Gasteiger partial charge on any atom is 0.419 e. The third-order valence-electron chi connectivity index (χ3n) is 4.85. The number of methoxy groups -OCH3 is 1. The summed E-state index contributed by atoms with van der Waals surface area (Å²) in [6.45, 7) is 3.91. The second-order valence-electron chi connectivity index (χ2n) is 7.31. The molecule has 1 unspecified atom stereocenters. The summed E-state index contributed by atoms with van der Waals surface area (Å²) in [4.78, 5) is 11.2. The highest BCUT2D eigenvalue weighted by Crippen LogP contribution is 2.48. The second-order valence-corrected chi connectivity index (χ2v) is 7.31. The van der Waals surface area contributed by atoms with Crippen LogP contribution < -0.4 is 10.5 Å². The molecule has 144 valence electrons. The van der Waals surface area contributed by atoms with E-state index >= 15 is 0 Å². The van der Waals surface area contributed by atoms with E-state index in [2.05, 4.69) is 0 Å². The Balaban J connectivity index is 2.03. The average Bonchev–Trinajstić information content (AvgIpc) is 2.82. The van der Waals surface area contributed by atoms with Gasteiger partial charge in [-0.15, -0.1) is 0 Å². The molecular formula is C20H20F3NO3. The first-order valence-corrected chi connectivity index (χ1v) is 8.37. The maximum absolute atomic E-state index is 13.3. The minimum atomic E-state index is -4.51. The normalized spacial score (nSPS) is 18.1. The summed E-state index contributed by atoms with van der Waals surface area (Å²) in [6, 6.07) is 9.33. The Morgan fingerprint density at radius 2 is 1.78 bits per heavy atom. The minimum Gasteiger partial charge on any atom is -0.496 e. The van der Waals surface area contributed by atoms with Gasteiger partial charge in [0.15, 0.2) is 0 Å². The molecule has 1 aliphatic rings. The van der Waals surface area contributed by atoms with E-state index in [0.717, 1.165) is 17.2 Å². The standard InChI is InChI=1S/C20H20F3NO3/c1-19(2)10-13-8-11(4-6-14(13)17(19)27-18(24)25)12-5-7-16(26-3)15(9-12)20(21,22)23/h4-9,17H,10H2,1-3H3,(H2,24,25). The lowest BCUT2D eigenvalue weighted by molar-refractivity contribution is -0.138. The van der Waals surface area contributed by atoms with Crippen LogP contribution in [0, 0.1) is 5.41 Å². The molecule has 2 N–H and O–H groups in total. The molecule has 0 saturated heterocycles. The Hall–Kier alpha value is -2.70. The number of benzene rings is 2. The monoisotopic (exact) mass is 379 g/mol. The van der Waals surface area contributed by atoms with Crippen LogP contribution in [0.1, 0.15) is 36.6 Å². The third kappa shape index (κ3) is 3.59. The van der Waals surface area contributed by atoms with Crippen molar-refractivity contribution in [2.75, 3.05) is 7.11 Å². The van der Waals surface area contributed by atoms with E-state index in [9.17, 15) is 18.0 Å². The van der Waals surface area contributed by atoms with Crippen LogP contribution in [0.25, 0.3) is 11.1 Å². The Labute approximate surface area is 155 Å². The topological polar surface area (TPSA) is 61.6 Å². The quantitative estimate of drug-likeness (QED) is 0.807.